The molecule has 0 aliphatic carbocycles. The minimum atomic E-state index is 0.0587. The molecule has 0 aromatic heterocycles. The number of hydrogen-bond donors (Lipinski definition) is 0. The molecule has 2 aromatic carbocycles. The van der Waals surface area contributed by atoms with E-state index < -0.39 is 0 Å². The summed E-state index contributed by atoms with van der Waals surface area (Å²) < 4.78 is 0. The third-order valence-electron chi connectivity index (χ3n) is 4.61. The lowest BCUT2D eigenvalue weighted by Crippen LogP contribution is -2.13. The molecule has 2 rings (SSSR count). The largest absolute Gasteiger partial charge is 0.317 e. The van der Waals surface area contributed by atoms with E-state index in [1.165, 1.54) is 11.1 Å². The van der Waals surface area contributed by atoms with Crippen LogP contribution in [0.3, 0.4) is 0 Å². The first kappa shape index (κ1) is 20.8. The van der Waals surface area contributed by atoms with E-state index >= 15 is 0 Å². The van der Waals surface area contributed by atoms with Crippen molar-refractivity contribution < 1.29 is 0 Å². The van der Waals surface area contributed by atoms with Crippen molar-refractivity contribution in [3.63, 3.8) is 0 Å². The molecule has 27 heavy (non-hydrogen) atoms. The Morgan fingerprint density at radius 3 is 1.85 bits per heavy atom. The van der Waals surface area contributed by atoms with E-state index in [4.69, 9.17) is 0 Å². The van der Waals surface area contributed by atoms with Crippen molar-refractivity contribution in [1.29, 1.82) is 0 Å². The third kappa shape index (κ3) is 5.72. The first-order valence-electron chi connectivity index (χ1n) is 9.59. The summed E-state index contributed by atoms with van der Waals surface area (Å²) in [6.45, 7) is 17.3. The third-order valence-corrected chi connectivity index (χ3v) is 4.61. The second kappa shape index (κ2) is 8.43. The maximum atomic E-state index is 3.87. The Labute approximate surface area is 165 Å². The molecule has 2 aromatic rings. The summed E-state index contributed by atoms with van der Waals surface area (Å²) in [5.41, 5.74) is 5.08. The number of anilines is 2. The molecule has 0 N–H and O–H groups in total. The fourth-order valence-corrected chi connectivity index (χ4v) is 2.87. The average Bonchev–Trinajstić information content (AvgIpc) is 2.60. The summed E-state index contributed by atoms with van der Waals surface area (Å²) in [5.74, 6) is 0. The number of allylic oxidation sites excluding steroid dienone is 4. The van der Waals surface area contributed by atoms with E-state index in [0.717, 1.165) is 11.4 Å². The highest BCUT2D eigenvalue weighted by Crippen LogP contribution is 2.31. The molecule has 0 aliphatic rings. The SMILES string of the molecule is C=C/C=C(\C=C/N(c1ccccc1)c1ccc(C(C)(C)C)cc1)C(C)(C)C. The predicted molar refractivity (Wildman–Crippen MR) is 121 cm³/mol. The van der Waals surface area contributed by atoms with Gasteiger partial charge >= 0.3 is 0 Å². The summed E-state index contributed by atoms with van der Waals surface area (Å²) in [6.07, 6.45) is 8.28. The number of para-hydroxylation sites is 1. The lowest BCUT2D eigenvalue weighted by molar-refractivity contribution is 0.517. The molecular formula is C26H33N. The summed E-state index contributed by atoms with van der Waals surface area (Å²) in [7, 11) is 0. The molecule has 0 amide bonds. The van der Waals surface area contributed by atoms with Crippen LogP contribution in [0.5, 0.6) is 0 Å². The summed E-state index contributed by atoms with van der Waals surface area (Å²) in [5, 5.41) is 0. The number of nitrogens with zero attached hydrogens (tertiary/aromatic N) is 1. The molecule has 0 fully saturated rings. The van der Waals surface area contributed by atoms with Gasteiger partial charge in [0.25, 0.3) is 0 Å². The number of benzene rings is 2. The van der Waals surface area contributed by atoms with Gasteiger partial charge in [0.2, 0.25) is 0 Å². The Hall–Kier alpha value is -2.54. The van der Waals surface area contributed by atoms with E-state index in [1.807, 2.05) is 12.1 Å². The van der Waals surface area contributed by atoms with Gasteiger partial charge in [0.1, 0.15) is 0 Å². The van der Waals surface area contributed by atoms with Crippen LogP contribution in [0.25, 0.3) is 0 Å². The minimum absolute atomic E-state index is 0.0587. The van der Waals surface area contributed by atoms with Crippen LogP contribution in [0.15, 0.2) is 91.2 Å². The second-order valence-electron chi connectivity index (χ2n) is 8.93. The summed E-state index contributed by atoms with van der Waals surface area (Å²) in [6, 6.07) is 19.3. The van der Waals surface area contributed by atoms with Gasteiger partial charge in [0, 0.05) is 17.6 Å². The van der Waals surface area contributed by atoms with Crippen LogP contribution < -0.4 is 4.90 Å². The zero-order valence-electron chi connectivity index (χ0n) is 17.7. The van der Waals surface area contributed by atoms with Crippen LogP contribution >= 0.6 is 0 Å². The van der Waals surface area contributed by atoms with Gasteiger partial charge in [-0.15, -0.1) is 0 Å². The maximum Gasteiger partial charge on any atom is 0.0455 e. The van der Waals surface area contributed by atoms with Crippen LogP contribution in [0.1, 0.15) is 47.1 Å². The highest BCUT2D eigenvalue weighted by atomic mass is 15.1. The van der Waals surface area contributed by atoms with Crippen molar-refractivity contribution in [3.8, 4) is 0 Å². The zero-order valence-corrected chi connectivity index (χ0v) is 17.7. The Morgan fingerprint density at radius 2 is 1.37 bits per heavy atom. The van der Waals surface area contributed by atoms with Crippen molar-refractivity contribution in [3.05, 3.63) is 96.7 Å². The van der Waals surface area contributed by atoms with Crippen LogP contribution in [-0.2, 0) is 5.41 Å². The average molecular weight is 360 g/mol. The Morgan fingerprint density at radius 1 is 0.815 bits per heavy atom. The van der Waals surface area contributed by atoms with Crippen LogP contribution in [0.4, 0.5) is 11.4 Å². The van der Waals surface area contributed by atoms with Crippen molar-refractivity contribution in [1.82, 2.24) is 0 Å². The normalized spacial score (nSPS) is 13.0. The van der Waals surface area contributed by atoms with Gasteiger partial charge in [-0.25, -0.2) is 0 Å². The van der Waals surface area contributed by atoms with E-state index in [0.29, 0.717) is 0 Å². The van der Waals surface area contributed by atoms with Crippen molar-refractivity contribution in [2.75, 3.05) is 4.90 Å². The standard InChI is InChI=1S/C26H33N/c1-8-12-21(25(2,3)4)19-20-27(23-13-10-9-11-14-23)24-17-15-22(16-18-24)26(5,6)7/h8-20H,1H2,2-7H3/b20-19-,21-12+. The molecule has 0 heterocycles. The number of hydrogen-bond acceptors (Lipinski definition) is 1. The molecular weight excluding hydrogens is 326 g/mol. The highest BCUT2D eigenvalue weighted by Gasteiger charge is 2.16. The zero-order chi connectivity index (χ0) is 20.1. The van der Waals surface area contributed by atoms with Crippen molar-refractivity contribution in [2.45, 2.75) is 47.0 Å². The quantitative estimate of drug-likeness (QED) is 0.492. The van der Waals surface area contributed by atoms with Gasteiger partial charge in [-0.3, -0.25) is 0 Å². The Bertz CT molecular complexity index is 794. The number of rotatable bonds is 5. The van der Waals surface area contributed by atoms with Gasteiger partial charge in [0.15, 0.2) is 0 Å². The topological polar surface area (TPSA) is 3.24 Å². The first-order chi connectivity index (χ1) is 12.6. The molecule has 0 unspecified atom stereocenters. The van der Waals surface area contributed by atoms with Crippen LogP contribution in [0, 0.1) is 5.41 Å². The van der Waals surface area contributed by atoms with E-state index in [2.05, 4.69) is 120 Å². The molecule has 0 saturated carbocycles. The molecule has 0 atom stereocenters. The van der Waals surface area contributed by atoms with Gasteiger partial charge in [-0.2, -0.15) is 0 Å². The first-order valence-corrected chi connectivity index (χ1v) is 9.59. The molecule has 0 spiro atoms. The highest BCUT2D eigenvalue weighted by molar-refractivity contribution is 5.66. The molecule has 0 aliphatic heterocycles. The van der Waals surface area contributed by atoms with Gasteiger partial charge in [-0.05, 0) is 52.3 Å². The monoisotopic (exact) mass is 359 g/mol. The van der Waals surface area contributed by atoms with Crippen molar-refractivity contribution in [2.24, 2.45) is 5.41 Å². The van der Waals surface area contributed by atoms with Gasteiger partial charge in [-0.1, -0.05) is 90.6 Å². The predicted octanol–water partition coefficient (Wildman–Crippen LogP) is 7.79. The summed E-state index contributed by atoms with van der Waals surface area (Å²) >= 11 is 0. The molecule has 0 saturated heterocycles. The van der Waals surface area contributed by atoms with Crippen molar-refractivity contribution >= 4 is 11.4 Å². The lowest BCUT2D eigenvalue weighted by Gasteiger charge is -2.25. The fourth-order valence-electron chi connectivity index (χ4n) is 2.87. The lowest BCUT2D eigenvalue weighted by atomic mass is 9.86. The molecule has 1 nitrogen and oxygen atoms in total. The van der Waals surface area contributed by atoms with Gasteiger partial charge < -0.3 is 4.90 Å². The maximum absolute atomic E-state index is 3.87. The summed E-state index contributed by atoms with van der Waals surface area (Å²) in [4.78, 5) is 2.23. The second-order valence-corrected chi connectivity index (χ2v) is 8.93. The Kier molecular flexibility index (Phi) is 6.49. The van der Waals surface area contributed by atoms with Crippen LogP contribution in [0.2, 0.25) is 0 Å². The smallest absolute Gasteiger partial charge is 0.0455 e. The molecule has 1 heteroatoms. The molecule has 142 valence electrons. The minimum Gasteiger partial charge on any atom is -0.317 e. The van der Waals surface area contributed by atoms with Crippen LogP contribution in [-0.4, -0.2) is 0 Å². The fraction of sp³-hybridized carbons (Fsp3) is 0.308. The van der Waals surface area contributed by atoms with E-state index in [-0.39, 0.29) is 10.8 Å². The molecule has 0 radical (unpaired) electrons. The van der Waals surface area contributed by atoms with Gasteiger partial charge in [0.05, 0.1) is 0 Å². The molecule has 0 bridgehead atoms. The van der Waals surface area contributed by atoms with E-state index in [1.54, 1.807) is 0 Å². The van der Waals surface area contributed by atoms with E-state index in [9.17, 15) is 0 Å². The Balaban J connectivity index is 2.46.